The van der Waals surface area contributed by atoms with Crippen molar-refractivity contribution in [2.24, 2.45) is 0 Å². The van der Waals surface area contributed by atoms with Gasteiger partial charge in [0.1, 0.15) is 11.5 Å². The third-order valence-corrected chi connectivity index (χ3v) is 3.11. The Labute approximate surface area is 99.4 Å². The fraction of sp³-hybridized carbons (Fsp3) is 0.214. The number of rotatable bonds is 1. The van der Waals surface area contributed by atoms with Gasteiger partial charge in [0.2, 0.25) is 0 Å². The number of furan rings is 1. The minimum atomic E-state index is 0.120. The first-order chi connectivity index (χ1) is 8.27. The zero-order valence-corrected chi connectivity index (χ0v) is 9.62. The molecule has 0 radical (unpaired) electrons. The van der Waals surface area contributed by atoms with E-state index in [1.807, 2.05) is 37.3 Å². The highest BCUT2D eigenvalue weighted by atomic mass is 16.3. The lowest BCUT2D eigenvalue weighted by atomic mass is 10.0. The number of carbonyl (C=O) groups excluding carboxylic acids is 1. The maximum atomic E-state index is 11.8. The van der Waals surface area contributed by atoms with Gasteiger partial charge in [-0.1, -0.05) is 30.3 Å². The van der Waals surface area contributed by atoms with Crippen LogP contribution in [0.5, 0.6) is 0 Å². The molecule has 0 unspecified atom stereocenters. The monoisotopic (exact) mass is 227 g/mol. The van der Waals surface area contributed by atoms with Crippen LogP contribution in [-0.2, 0) is 6.54 Å². The van der Waals surface area contributed by atoms with Gasteiger partial charge in [-0.25, -0.2) is 0 Å². The Kier molecular flexibility index (Phi) is 2.34. The normalized spacial score (nSPS) is 14.8. The van der Waals surface area contributed by atoms with Crippen molar-refractivity contribution in [3.63, 3.8) is 0 Å². The van der Waals surface area contributed by atoms with E-state index in [0.717, 1.165) is 28.2 Å². The van der Waals surface area contributed by atoms with Gasteiger partial charge in [0, 0.05) is 11.1 Å². The van der Waals surface area contributed by atoms with Crippen LogP contribution in [0.3, 0.4) is 0 Å². The van der Waals surface area contributed by atoms with E-state index in [4.69, 9.17) is 4.42 Å². The summed E-state index contributed by atoms with van der Waals surface area (Å²) in [6.45, 7) is 2.99. The summed E-state index contributed by atoms with van der Waals surface area (Å²) in [4.78, 5) is 11.8. The van der Waals surface area contributed by atoms with Crippen LogP contribution in [0.1, 0.15) is 21.7 Å². The largest absolute Gasteiger partial charge is 0.459 e. The van der Waals surface area contributed by atoms with Crippen LogP contribution in [0.4, 0.5) is 0 Å². The first kappa shape index (κ1) is 10.3. The molecule has 1 aromatic heterocycles. The summed E-state index contributed by atoms with van der Waals surface area (Å²) in [5, 5.41) is 3.04. The van der Waals surface area contributed by atoms with E-state index in [1.165, 1.54) is 0 Å². The van der Waals surface area contributed by atoms with Crippen LogP contribution in [0.2, 0.25) is 0 Å². The molecule has 2 heterocycles. The molecule has 3 nitrogen and oxygen atoms in total. The molecule has 3 heteroatoms. The zero-order chi connectivity index (χ0) is 11.8. The number of fused-ring (bicyclic) bond motifs is 1. The molecule has 3 rings (SSSR count). The van der Waals surface area contributed by atoms with Crippen molar-refractivity contribution in [2.45, 2.75) is 13.5 Å². The second-order valence-corrected chi connectivity index (χ2v) is 4.25. The molecular weight excluding hydrogens is 214 g/mol. The number of Topliss-reactive ketones (excluding diaryl/α,β-unsaturated/α-hetero) is 1. The van der Waals surface area contributed by atoms with Gasteiger partial charge >= 0.3 is 0 Å². The van der Waals surface area contributed by atoms with Gasteiger partial charge in [-0.05, 0) is 6.92 Å². The molecule has 0 aliphatic carbocycles. The molecule has 1 aliphatic heterocycles. The highest BCUT2D eigenvalue weighted by Crippen LogP contribution is 2.32. The van der Waals surface area contributed by atoms with Gasteiger partial charge in [-0.3, -0.25) is 4.79 Å². The van der Waals surface area contributed by atoms with Crippen LogP contribution in [0.15, 0.2) is 34.7 Å². The Morgan fingerprint density at radius 3 is 2.65 bits per heavy atom. The number of ketones is 1. The molecule has 0 spiro atoms. The molecule has 86 valence electrons. The third kappa shape index (κ3) is 1.59. The number of hydrogen-bond acceptors (Lipinski definition) is 3. The van der Waals surface area contributed by atoms with Gasteiger partial charge in [0.05, 0.1) is 18.7 Å². The molecule has 0 fully saturated rings. The second kappa shape index (κ2) is 3.86. The predicted molar refractivity (Wildman–Crippen MR) is 64.9 cm³/mol. The average Bonchev–Trinajstić information content (AvgIpc) is 2.69. The Morgan fingerprint density at radius 1 is 1.18 bits per heavy atom. The Morgan fingerprint density at radius 2 is 1.94 bits per heavy atom. The fourth-order valence-electron chi connectivity index (χ4n) is 2.31. The SMILES string of the molecule is Cc1c(-c2ccccc2)oc2c1C(=O)CNC2. The Bertz CT molecular complexity index is 569. The highest BCUT2D eigenvalue weighted by molar-refractivity contribution is 6.02. The molecule has 1 aromatic carbocycles. The maximum Gasteiger partial charge on any atom is 0.180 e. The summed E-state index contributed by atoms with van der Waals surface area (Å²) in [6, 6.07) is 9.89. The summed E-state index contributed by atoms with van der Waals surface area (Å²) in [5.74, 6) is 1.69. The lowest BCUT2D eigenvalue weighted by Gasteiger charge is -2.09. The molecule has 0 bridgehead atoms. The van der Waals surface area contributed by atoms with Crippen molar-refractivity contribution >= 4 is 5.78 Å². The molecule has 2 aromatic rings. The predicted octanol–water partition coefficient (Wildman–Crippen LogP) is 2.54. The average molecular weight is 227 g/mol. The number of nitrogens with one attached hydrogen (secondary N) is 1. The van der Waals surface area contributed by atoms with Gasteiger partial charge < -0.3 is 9.73 Å². The van der Waals surface area contributed by atoms with E-state index >= 15 is 0 Å². The summed E-state index contributed by atoms with van der Waals surface area (Å²) in [7, 11) is 0. The Balaban J connectivity index is 2.17. The molecule has 0 saturated carbocycles. The Hall–Kier alpha value is -1.87. The van der Waals surface area contributed by atoms with E-state index in [-0.39, 0.29) is 5.78 Å². The first-order valence-corrected chi connectivity index (χ1v) is 5.69. The molecular formula is C14H13NO2. The topological polar surface area (TPSA) is 42.2 Å². The van der Waals surface area contributed by atoms with E-state index in [2.05, 4.69) is 5.32 Å². The van der Waals surface area contributed by atoms with Crippen molar-refractivity contribution in [3.05, 3.63) is 47.2 Å². The molecule has 0 saturated heterocycles. The fourth-order valence-corrected chi connectivity index (χ4v) is 2.31. The van der Waals surface area contributed by atoms with Crippen molar-refractivity contribution < 1.29 is 9.21 Å². The van der Waals surface area contributed by atoms with Crippen molar-refractivity contribution in [1.29, 1.82) is 0 Å². The van der Waals surface area contributed by atoms with Gasteiger partial charge in [-0.15, -0.1) is 0 Å². The van der Waals surface area contributed by atoms with E-state index in [9.17, 15) is 4.79 Å². The van der Waals surface area contributed by atoms with E-state index in [1.54, 1.807) is 0 Å². The second-order valence-electron chi connectivity index (χ2n) is 4.25. The quantitative estimate of drug-likeness (QED) is 0.814. The number of benzene rings is 1. The smallest absolute Gasteiger partial charge is 0.180 e. The third-order valence-electron chi connectivity index (χ3n) is 3.11. The van der Waals surface area contributed by atoms with Crippen molar-refractivity contribution in [2.75, 3.05) is 6.54 Å². The standard InChI is InChI=1S/C14H13NO2/c1-9-13-11(16)7-15-8-12(13)17-14(9)10-5-3-2-4-6-10/h2-6,15H,7-8H2,1H3. The number of carbonyl (C=O) groups is 1. The highest BCUT2D eigenvalue weighted by Gasteiger charge is 2.26. The van der Waals surface area contributed by atoms with Crippen LogP contribution < -0.4 is 5.32 Å². The number of hydrogen-bond donors (Lipinski definition) is 1. The lowest BCUT2D eigenvalue weighted by molar-refractivity contribution is 0.0978. The van der Waals surface area contributed by atoms with Gasteiger partial charge in [0.15, 0.2) is 5.78 Å². The summed E-state index contributed by atoms with van der Waals surface area (Å²) < 4.78 is 5.81. The van der Waals surface area contributed by atoms with Crippen LogP contribution in [-0.4, -0.2) is 12.3 Å². The maximum absolute atomic E-state index is 11.8. The van der Waals surface area contributed by atoms with E-state index in [0.29, 0.717) is 13.1 Å². The van der Waals surface area contributed by atoms with Crippen LogP contribution in [0, 0.1) is 6.92 Å². The summed E-state index contributed by atoms with van der Waals surface area (Å²) in [5.41, 5.74) is 2.74. The molecule has 17 heavy (non-hydrogen) atoms. The van der Waals surface area contributed by atoms with Gasteiger partial charge in [0.25, 0.3) is 0 Å². The molecule has 0 atom stereocenters. The van der Waals surface area contributed by atoms with E-state index < -0.39 is 0 Å². The molecule has 0 amide bonds. The summed E-state index contributed by atoms with van der Waals surface area (Å²) >= 11 is 0. The minimum Gasteiger partial charge on any atom is -0.459 e. The van der Waals surface area contributed by atoms with Gasteiger partial charge in [-0.2, -0.15) is 0 Å². The van der Waals surface area contributed by atoms with Crippen molar-refractivity contribution in [3.8, 4) is 11.3 Å². The molecule has 1 N–H and O–H groups in total. The first-order valence-electron chi connectivity index (χ1n) is 5.69. The summed E-state index contributed by atoms with van der Waals surface area (Å²) in [6.07, 6.45) is 0. The zero-order valence-electron chi connectivity index (χ0n) is 9.62. The van der Waals surface area contributed by atoms with Crippen LogP contribution >= 0.6 is 0 Å². The minimum absolute atomic E-state index is 0.120. The molecule has 1 aliphatic rings. The van der Waals surface area contributed by atoms with Crippen LogP contribution in [0.25, 0.3) is 11.3 Å². The lowest BCUT2D eigenvalue weighted by Crippen LogP contribution is -2.29. The van der Waals surface area contributed by atoms with Crippen molar-refractivity contribution in [1.82, 2.24) is 5.32 Å².